The predicted molar refractivity (Wildman–Crippen MR) is 124 cm³/mol. The Morgan fingerprint density at radius 1 is 1.06 bits per heavy atom. The maximum atomic E-state index is 12.9. The van der Waals surface area contributed by atoms with Crippen molar-refractivity contribution in [2.75, 3.05) is 56.0 Å². The fourth-order valence-electron chi connectivity index (χ4n) is 4.26. The number of aryl methyl sites for hydroxylation is 1. The van der Waals surface area contributed by atoms with Crippen LogP contribution in [0.4, 0.5) is 10.8 Å². The number of para-hydroxylation sites is 1. The van der Waals surface area contributed by atoms with E-state index < -0.39 is 0 Å². The maximum Gasteiger partial charge on any atom is 0.236 e. The van der Waals surface area contributed by atoms with Gasteiger partial charge in [0.15, 0.2) is 5.13 Å². The van der Waals surface area contributed by atoms with Gasteiger partial charge in [0.2, 0.25) is 11.8 Å². The van der Waals surface area contributed by atoms with Crippen molar-refractivity contribution >= 4 is 34.0 Å². The quantitative estimate of drug-likeness (QED) is 0.773. The lowest BCUT2D eigenvalue weighted by atomic mass is 9.95. The molecule has 1 N–H and O–H groups in total. The van der Waals surface area contributed by atoms with Crippen LogP contribution in [0.2, 0.25) is 0 Å². The third-order valence-corrected chi connectivity index (χ3v) is 7.10. The highest BCUT2D eigenvalue weighted by Crippen LogP contribution is 2.22. The first kappa shape index (κ1) is 21.8. The first-order valence-corrected chi connectivity index (χ1v) is 12.0. The molecule has 2 aliphatic heterocycles. The van der Waals surface area contributed by atoms with E-state index >= 15 is 0 Å². The molecule has 166 valence electrons. The second-order valence-corrected chi connectivity index (χ2v) is 9.24. The van der Waals surface area contributed by atoms with Gasteiger partial charge in [-0.05, 0) is 38.3 Å². The molecular formula is C23H31N5O2S. The minimum Gasteiger partial charge on any atom is -0.347 e. The summed E-state index contributed by atoms with van der Waals surface area (Å²) in [5.41, 5.74) is 1.89. The van der Waals surface area contributed by atoms with E-state index in [0.29, 0.717) is 19.6 Å². The third-order valence-electron chi connectivity index (χ3n) is 6.08. The molecule has 0 bridgehead atoms. The molecule has 2 saturated heterocycles. The van der Waals surface area contributed by atoms with Crippen molar-refractivity contribution in [1.29, 1.82) is 0 Å². The molecule has 0 aliphatic carbocycles. The molecule has 1 aromatic heterocycles. The Morgan fingerprint density at radius 2 is 1.84 bits per heavy atom. The maximum absolute atomic E-state index is 12.9. The van der Waals surface area contributed by atoms with Crippen molar-refractivity contribution in [2.24, 2.45) is 5.92 Å². The van der Waals surface area contributed by atoms with E-state index in [2.05, 4.69) is 25.5 Å². The smallest absolute Gasteiger partial charge is 0.236 e. The molecule has 0 radical (unpaired) electrons. The zero-order chi connectivity index (χ0) is 21.6. The van der Waals surface area contributed by atoms with Gasteiger partial charge >= 0.3 is 0 Å². The molecule has 2 aromatic rings. The third kappa shape index (κ3) is 5.83. The number of rotatable bonds is 5. The molecule has 4 rings (SSSR count). The fraction of sp³-hybridized carbons (Fsp3) is 0.522. The van der Waals surface area contributed by atoms with Gasteiger partial charge in [-0.1, -0.05) is 18.2 Å². The van der Waals surface area contributed by atoms with Crippen LogP contribution in [0.1, 0.15) is 25.0 Å². The van der Waals surface area contributed by atoms with Crippen LogP contribution in [0.25, 0.3) is 0 Å². The highest BCUT2D eigenvalue weighted by atomic mass is 32.1. The zero-order valence-electron chi connectivity index (χ0n) is 18.1. The van der Waals surface area contributed by atoms with Gasteiger partial charge in [0.05, 0.1) is 12.2 Å². The topological polar surface area (TPSA) is 68.8 Å². The summed E-state index contributed by atoms with van der Waals surface area (Å²) < 4.78 is 0. The van der Waals surface area contributed by atoms with Crippen LogP contribution in [0.5, 0.6) is 0 Å². The summed E-state index contributed by atoms with van der Waals surface area (Å²) in [6, 6.07) is 9.55. The number of nitrogens with one attached hydrogen (secondary N) is 1. The molecule has 2 amide bonds. The summed E-state index contributed by atoms with van der Waals surface area (Å²) >= 11 is 1.69. The van der Waals surface area contributed by atoms with Crippen LogP contribution in [0.15, 0.2) is 35.7 Å². The van der Waals surface area contributed by atoms with Crippen molar-refractivity contribution in [1.82, 2.24) is 14.8 Å². The number of aromatic nitrogens is 1. The summed E-state index contributed by atoms with van der Waals surface area (Å²) in [5.74, 6) is 0.210. The summed E-state index contributed by atoms with van der Waals surface area (Å²) in [5, 5.41) is 6.16. The van der Waals surface area contributed by atoms with E-state index in [1.165, 1.54) is 0 Å². The van der Waals surface area contributed by atoms with Crippen molar-refractivity contribution in [3.8, 4) is 0 Å². The Hall–Kier alpha value is -2.45. The molecule has 0 atom stereocenters. The number of likely N-dealkylation sites (tertiary alicyclic amines) is 1. The number of nitrogens with zero attached hydrogens (tertiary/aromatic N) is 4. The van der Waals surface area contributed by atoms with Gasteiger partial charge in [-0.3, -0.25) is 14.5 Å². The summed E-state index contributed by atoms with van der Waals surface area (Å²) in [7, 11) is 0. The Kier molecular flexibility index (Phi) is 7.19. The summed E-state index contributed by atoms with van der Waals surface area (Å²) in [6.07, 6.45) is 2.48. The van der Waals surface area contributed by atoms with Crippen molar-refractivity contribution < 1.29 is 9.59 Å². The van der Waals surface area contributed by atoms with Crippen molar-refractivity contribution in [2.45, 2.75) is 26.2 Å². The second-order valence-electron chi connectivity index (χ2n) is 8.40. The van der Waals surface area contributed by atoms with Gasteiger partial charge in [-0.2, -0.15) is 0 Å². The van der Waals surface area contributed by atoms with E-state index in [1.807, 2.05) is 42.2 Å². The van der Waals surface area contributed by atoms with Gasteiger partial charge < -0.3 is 15.1 Å². The average molecular weight is 442 g/mol. The lowest BCUT2D eigenvalue weighted by Crippen LogP contribution is -2.46. The Labute approximate surface area is 188 Å². The molecule has 0 spiro atoms. The molecule has 1 aromatic carbocycles. The Morgan fingerprint density at radius 3 is 2.55 bits per heavy atom. The molecule has 2 fully saturated rings. The minimum absolute atomic E-state index is 0.0299. The highest BCUT2D eigenvalue weighted by Gasteiger charge is 2.28. The van der Waals surface area contributed by atoms with Crippen LogP contribution in [0, 0.1) is 12.8 Å². The number of thiazole rings is 1. The lowest BCUT2D eigenvalue weighted by molar-refractivity contribution is -0.135. The van der Waals surface area contributed by atoms with E-state index in [1.54, 1.807) is 11.3 Å². The Bertz CT molecular complexity index is 879. The van der Waals surface area contributed by atoms with Crippen LogP contribution >= 0.6 is 11.3 Å². The molecule has 8 heteroatoms. The molecule has 7 nitrogen and oxygen atoms in total. The van der Waals surface area contributed by atoms with Gasteiger partial charge in [0.1, 0.15) is 0 Å². The first-order chi connectivity index (χ1) is 15.1. The van der Waals surface area contributed by atoms with Gasteiger partial charge in [-0.15, -0.1) is 11.3 Å². The largest absolute Gasteiger partial charge is 0.347 e. The van der Waals surface area contributed by atoms with Crippen LogP contribution in [-0.4, -0.2) is 72.4 Å². The number of piperidine rings is 1. The minimum atomic E-state index is -0.0299. The van der Waals surface area contributed by atoms with Crippen LogP contribution < -0.4 is 10.2 Å². The number of amides is 2. The van der Waals surface area contributed by atoms with Gasteiger partial charge in [0, 0.05) is 56.3 Å². The van der Waals surface area contributed by atoms with Crippen molar-refractivity contribution in [3.05, 3.63) is 41.4 Å². The average Bonchev–Trinajstić information content (AvgIpc) is 3.09. The fourth-order valence-corrected chi connectivity index (χ4v) is 5.11. The van der Waals surface area contributed by atoms with Gasteiger partial charge in [0.25, 0.3) is 0 Å². The number of hydrogen-bond donors (Lipinski definition) is 1. The van der Waals surface area contributed by atoms with E-state index in [-0.39, 0.29) is 17.7 Å². The van der Waals surface area contributed by atoms with E-state index in [0.717, 1.165) is 62.0 Å². The number of carbonyl (C=O) groups is 2. The second kappa shape index (κ2) is 10.2. The SMILES string of the molecule is Cc1csc(N2CCCN(CC(=O)N3CCC(C(=O)Nc4ccccc4)CC3)CC2)n1. The predicted octanol–water partition coefficient (Wildman–Crippen LogP) is 2.84. The summed E-state index contributed by atoms with van der Waals surface area (Å²) in [4.78, 5) is 36.5. The van der Waals surface area contributed by atoms with Crippen molar-refractivity contribution in [3.63, 3.8) is 0 Å². The zero-order valence-corrected chi connectivity index (χ0v) is 18.9. The van der Waals surface area contributed by atoms with Crippen LogP contribution in [0.3, 0.4) is 0 Å². The number of hydrogen-bond acceptors (Lipinski definition) is 6. The molecule has 0 saturated carbocycles. The highest BCUT2D eigenvalue weighted by molar-refractivity contribution is 7.13. The summed E-state index contributed by atoms with van der Waals surface area (Å²) in [6.45, 7) is 7.50. The number of benzene rings is 1. The molecule has 0 unspecified atom stereocenters. The molecular weight excluding hydrogens is 410 g/mol. The molecule has 31 heavy (non-hydrogen) atoms. The van der Waals surface area contributed by atoms with E-state index in [9.17, 15) is 9.59 Å². The molecule has 3 heterocycles. The van der Waals surface area contributed by atoms with E-state index in [4.69, 9.17) is 0 Å². The molecule has 2 aliphatic rings. The Balaban J connectivity index is 1.21. The number of anilines is 2. The van der Waals surface area contributed by atoms with Gasteiger partial charge in [-0.25, -0.2) is 4.98 Å². The first-order valence-electron chi connectivity index (χ1n) is 11.1. The van der Waals surface area contributed by atoms with Crippen LogP contribution in [-0.2, 0) is 9.59 Å². The normalized spacial score (nSPS) is 18.6. The standard InChI is InChI=1S/C23H31N5O2S/c1-18-17-31-23(24-18)28-11-5-10-26(14-15-28)16-21(29)27-12-8-19(9-13-27)22(30)25-20-6-3-2-4-7-20/h2-4,6-7,17,19H,5,8-16H2,1H3,(H,25,30). The lowest BCUT2D eigenvalue weighted by Gasteiger charge is -2.33. The number of carbonyl (C=O) groups excluding carboxylic acids is 2. The monoisotopic (exact) mass is 441 g/mol.